The van der Waals surface area contributed by atoms with Gasteiger partial charge in [-0.2, -0.15) is 0 Å². The number of ketones is 1. The summed E-state index contributed by atoms with van der Waals surface area (Å²) in [6.07, 6.45) is -3.63. The van der Waals surface area contributed by atoms with Gasteiger partial charge in [0.05, 0.1) is 17.4 Å². The molecule has 31 heavy (non-hydrogen) atoms. The van der Waals surface area contributed by atoms with Gasteiger partial charge in [0.25, 0.3) is 0 Å². The highest BCUT2D eigenvalue weighted by molar-refractivity contribution is 6.01. The molecule has 0 bridgehead atoms. The first kappa shape index (κ1) is 21.3. The highest BCUT2D eigenvalue weighted by atomic mass is 19.4. The zero-order valence-electron chi connectivity index (χ0n) is 17.9. The molecular formula is C24H25F3N2O2. The fraction of sp³-hybridized carbons (Fsp3) is 0.375. The van der Waals surface area contributed by atoms with Crippen LogP contribution in [0.15, 0.2) is 47.7 Å². The number of carbonyl (C=O) groups is 1. The molecule has 2 aliphatic rings. The van der Waals surface area contributed by atoms with Crippen LogP contribution in [0.5, 0.6) is 5.75 Å². The molecule has 0 aromatic heterocycles. The van der Waals surface area contributed by atoms with Crippen LogP contribution in [0.1, 0.15) is 49.4 Å². The van der Waals surface area contributed by atoms with E-state index in [1.807, 2.05) is 19.9 Å². The van der Waals surface area contributed by atoms with Gasteiger partial charge in [0.15, 0.2) is 5.78 Å². The van der Waals surface area contributed by atoms with Gasteiger partial charge in [-0.25, -0.2) is 0 Å². The fourth-order valence-electron chi connectivity index (χ4n) is 4.32. The number of aryl methyl sites for hydroxylation is 2. The number of anilines is 2. The Balaban J connectivity index is 1.80. The van der Waals surface area contributed by atoms with E-state index in [0.717, 1.165) is 28.2 Å². The Morgan fingerprint density at radius 3 is 2.23 bits per heavy atom. The van der Waals surface area contributed by atoms with Crippen molar-refractivity contribution in [3.63, 3.8) is 0 Å². The molecule has 0 spiro atoms. The number of alkyl halides is 3. The van der Waals surface area contributed by atoms with Gasteiger partial charge in [-0.3, -0.25) is 4.79 Å². The number of rotatable bonds is 2. The molecule has 0 amide bonds. The number of ether oxygens (including phenoxy) is 1. The molecular weight excluding hydrogens is 405 g/mol. The minimum Gasteiger partial charge on any atom is -0.406 e. The normalized spacial score (nSPS) is 20.2. The van der Waals surface area contributed by atoms with Gasteiger partial charge < -0.3 is 15.4 Å². The average Bonchev–Trinajstić information content (AvgIpc) is 2.77. The SMILES string of the molecule is Cc1cc2c(cc1C)N[C@@H](c1ccc(OC(F)(F)F)cc1)C1=C(CC(C)(C)CC1=O)N2. The number of fused-ring (bicyclic) bond motifs is 1. The molecule has 1 heterocycles. The maximum atomic E-state index is 13.2. The van der Waals surface area contributed by atoms with Crippen molar-refractivity contribution in [1.29, 1.82) is 0 Å². The molecule has 4 nitrogen and oxygen atoms in total. The van der Waals surface area contributed by atoms with Crippen LogP contribution in [0.2, 0.25) is 0 Å². The number of benzene rings is 2. The number of carbonyl (C=O) groups excluding carboxylic acids is 1. The molecule has 4 rings (SSSR count). The predicted octanol–water partition coefficient (Wildman–Crippen LogP) is 6.42. The second-order valence-corrected chi connectivity index (χ2v) is 9.13. The van der Waals surface area contributed by atoms with E-state index in [2.05, 4.69) is 35.3 Å². The number of Topliss-reactive ketones (excluding diaryl/α,β-unsaturated/α-hetero) is 1. The monoisotopic (exact) mass is 430 g/mol. The third-order valence-corrected chi connectivity index (χ3v) is 5.87. The summed E-state index contributed by atoms with van der Waals surface area (Å²) in [5, 5.41) is 6.94. The molecule has 2 N–H and O–H groups in total. The van der Waals surface area contributed by atoms with E-state index in [-0.39, 0.29) is 16.9 Å². The summed E-state index contributed by atoms with van der Waals surface area (Å²) in [6.45, 7) is 8.18. The van der Waals surface area contributed by atoms with Gasteiger partial charge in [0.2, 0.25) is 0 Å². The lowest BCUT2D eigenvalue weighted by Crippen LogP contribution is -2.31. The number of hydrogen-bond acceptors (Lipinski definition) is 4. The second kappa shape index (κ2) is 7.32. The molecule has 1 atom stereocenters. The quantitative estimate of drug-likeness (QED) is 0.577. The van der Waals surface area contributed by atoms with Crippen molar-refractivity contribution < 1.29 is 22.7 Å². The molecule has 2 aromatic carbocycles. The summed E-state index contributed by atoms with van der Waals surface area (Å²) in [5.74, 6) is -0.256. The first-order chi connectivity index (χ1) is 14.4. The molecule has 7 heteroatoms. The minimum atomic E-state index is -4.75. The van der Waals surface area contributed by atoms with Crippen molar-refractivity contribution in [2.45, 2.75) is 52.9 Å². The lowest BCUT2D eigenvalue weighted by Gasteiger charge is -2.34. The predicted molar refractivity (Wildman–Crippen MR) is 114 cm³/mol. The van der Waals surface area contributed by atoms with Gasteiger partial charge in [-0.15, -0.1) is 13.2 Å². The molecule has 0 unspecified atom stereocenters. The van der Waals surface area contributed by atoms with Crippen LogP contribution in [0, 0.1) is 19.3 Å². The Morgan fingerprint density at radius 2 is 1.61 bits per heavy atom. The van der Waals surface area contributed by atoms with Gasteiger partial charge in [-0.1, -0.05) is 26.0 Å². The third kappa shape index (κ3) is 4.40. The van der Waals surface area contributed by atoms with Gasteiger partial charge >= 0.3 is 6.36 Å². The van der Waals surface area contributed by atoms with E-state index in [4.69, 9.17) is 0 Å². The molecule has 2 aromatic rings. The van der Waals surface area contributed by atoms with Crippen LogP contribution in [-0.2, 0) is 4.79 Å². The van der Waals surface area contributed by atoms with Crippen LogP contribution in [0.3, 0.4) is 0 Å². The maximum absolute atomic E-state index is 13.2. The summed E-state index contributed by atoms with van der Waals surface area (Å²) >= 11 is 0. The molecule has 1 aliphatic carbocycles. The average molecular weight is 430 g/mol. The zero-order valence-corrected chi connectivity index (χ0v) is 17.9. The standard InChI is InChI=1S/C24H25F3N2O2/c1-13-9-17-18(10-14(13)2)29-22(15-5-7-16(8-6-15)31-24(25,26)27)21-19(28-17)11-23(3,4)12-20(21)30/h5-10,22,28-29H,11-12H2,1-4H3/t22-/m0/s1. The lowest BCUT2D eigenvalue weighted by atomic mass is 9.73. The number of hydrogen-bond donors (Lipinski definition) is 2. The fourth-order valence-corrected chi connectivity index (χ4v) is 4.32. The third-order valence-electron chi connectivity index (χ3n) is 5.87. The molecule has 164 valence electrons. The van der Waals surface area contributed by atoms with Crippen molar-refractivity contribution in [2.24, 2.45) is 5.41 Å². The lowest BCUT2D eigenvalue weighted by molar-refractivity contribution is -0.274. The summed E-state index contributed by atoms with van der Waals surface area (Å²) in [6, 6.07) is 9.31. The summed E-state index contributed by atoms with van der Waals surface area (Å²) in [7, 11) is 0. The van der Waals surface area contributed by atoms with Crippen LogP contribution < -0.4 is 15.4 Å². The highest BCUT2D eigenvalue weighted by Crippen LogP contribution is 2.46. The largest absolute Gasteiger partial charge is 0.573 e. The van der Waals surface area contributed by atoms with E-state index in [1.165, 1.54) is 12.1 Å². The van der Waals surface area contributed by atoms with E-state index in [1.54, 1.807) is 12.1 Å². The van der Waals surface area contributed by atoms with Crippen LogP contribution in [0.25, 0.3) is 0 Å². The first-order valence-electron chi connectivity index (χ1n) is 10.2. The Bertz CT molecular complexity index is 1070. The molecule has 0 radical (unpaired) electrons. The van der Waals surface area contributed by atoms with E-state index >= 15 is 0 Å². The van der Waals surface area contributed by atoms with Crippen molar-refractivity contribution in [2.75, 3.05) is 10.6 Å². The summed E-state index contributed by atoms with van der Waals surface area (Å²) in [5.41, 5.74) is 5.98. The van der Waals surface area contributed by atoms with Crippen molar-refractivity contribution in [3.05, 3.63) is 64.4 Å². The van der Waals surface area contributed by atoms with Crippen LogP contribution in [0.4, 0.5) is 24.5 Å². The van der Waals surface area contributed by atoms with Gasteiger partial charge in [0.1, 0.15) is 5.75 Å². The Labute approximate surface area is 179 Å². The molecule has 1 aliphatic heterocycles. The Hall–Kier alpha value is -2.96. The molecule has 0 saturated heterocycles. The van der Waals surface area contributed by atoms with Crippen molar-refractivity contribution in [3.8, 4) is 5.75 Å². The molecule has 0 fully saturated rings. The molecule has 0 saturated carbocycles. The zero-order chi connectivity index (χ0) is 22.6. The summed E-state index contributed by atoms with van der Waals surface area (Å²) < 4.78 is 41.6. The van der Waals surface area contributed by atoms with E-state index in [0.29, 0.717) is 24.0 Å². The Morgan fingerprint density at radius 1 is 1.00 bits per heavy atom. The maximum Gasteiger partial charge on any atom is 0.573 e. The summed E-state index contributed by atoms with van der Waals surface area (Å²) in [4.78, 5) is 13.2. The Kier molecular flexibility index (Phi) is 5.03. The highest BCUT2D eigenvalue weighted by Gasteiger charge is 2.39. The van der Waals surface area contributed by atoms with E-state index in [9.17, 15) is 18.0 Å². The van der Waals surface area contributed by atoms with Crippen LogP contribution in [-0.4, -0.2) is 12.1 Å². The topological polar surface area (TPSA) is 50.4 Å². The van der Waals surface area contributed by atoms with Crippen molar-refractivity contribution >= 4 is 17.2 Å². The smallest absolute Gasteiger partial charge is 0.406 e. The minimum absolute atomic E-state index is 0.0353. The van der Waals surface area contributed by atoms with E-state index < -0.39 is 12.4 Å². The number of nitrogens with one attached hydrogen (secondary N) is 2. The number of allylic oxidation sites excluding steroid dienone is 1. The second-order valence-electron chi connectivity index (χ2n) is 9.13. The first-order valence-corrected chi connectivity index (χ1v) is 10.2. The number of halogens is 3. The van der Waals surface area contributed by atoms with Gasteiger partial charge in [-0.05, 0) is 66.6 Å². The van der Waals surface area contributed by atoms with Crippen LogP contribution >= 0.6 is 0 Å². The van der Waals surface area contributed by atoms with Gasteiger partial charge in [0, 0.05) is 17.7 Å². The van der Waals surface area contributed by atoms with Crippen molar-refractivity contribution in [1.82, 2.24) is 0 Å².